The highest BCUT2D eigenvalue weighted by atomic mass is 19.1. The fourth-order valence-electron chi connectivity index (χ4n) is 2.41. The number of hydrogen-bond donors (Lipinski definition) is 1. The minimum Gasteiger partial charge on any atom is -0.369 e. The minimum atomic E-state index is -0.286. The first-order valence-corrected chi connectivity index (χ1v) is 7.06. The number of nitrogens with one attached hydrogen (secondary N) is 1. The molecule has 0 aromatic heterocycles. The number of nitrogens with zero attached hydrogens (tertiary/aromatic N) is 3. The van der Waals surface area contributed by atoms with Gasteiger partial charge in [0.1, 0.15) is 23.5 Å². The van der Waals surface area contributed by atoms with Crippen molar-refractivity contribution in [3.63, 3.8) is 0 Å². The Hall–Kier alpha value is -2.53. The molecule has 1 aromatic rings. The zero-order valence-electron chi connectivity index (χ0n) is 11.8. The first-order chi connectivity index (χ1) is 10.2. The minimum absolute atomic E-state index is 0.0491. The van der Waals surface area contributed by atoms with E-state index in [1.807, 2.05) is 0 Å². The summed E-state index contributed by atoms with van der Waals surface area (Å²) in [6, 6.07) is 8.38. The topological polar surface area (TPSA) is 62.9 Å². The number of rotatable bonds is 3. The molecule has 1 fully saturated rings. The van der Waals surface area contributed by atoms with Gasteiger partial charge in [-0.1, -0.05) is 12.8 Å². The monoisotopic (exact) mass is 284 g/mol. The molecule has 0 aliphatic carbocycles. The van der Waals surface area contributed by atoms with Gasteiger partial charge in [0.05, 0.1) is 5.69 Å². The lowest BCUT2D eigenvalue weighted by Crippen LogP contribution is -2.24. The first-order valence-electron chi connectivity index (χ1n) is 7.06. The highest BCUT2D eigenvalue weighted by Crippen LogP contribution is 2.25. The van der Waals surface area contributed by atoms with Gasteiger partial charge in [-0.15, -0.1) is 0 Å². The zero-order valence-corrected chi connectivity index (χ0v) is 11.8. The molecule has 108 valence electrons. The van der Waals surface area contributed by atoms with Gasteiger partial charge in [-0.2, -0.15) is 10.5 Å². The molecule has 4 nitrogen and oxygen atoms in total. The van der Waals surface area contributed by atoms with Crippen molar-refractivity contribution in [2.75, 3.05) is 23.3 Å². The van der Waals surface area contributed by atoms with Gasteiger partial charge in [0.25, 0.3) is 0 Å². The van der Waals surface area contributed by atoms with Crippen LogP contribution in [0.4, 0.5) is 15.8 Å². The second-order valence-corrected chi connectivity index (χ2v) is 4.99. The molecule has 0 spiro atoms. The fourth-order valence-corrected chi connectivity index (χ4v) is 2.41. The molecule has 21 heavy (non-hydrogen) atoms. The Bertz CT molecular complexity index is 586. The average molecular weight is 284 g/mol. The van der Waals surface area contributed by atoms with Gasteiger partial charge in [-0.3, -0.25) is 0 Å². The Labute approximate surface area is 124 Å². The van der Waals surface area contributed by atoms with Gasteiger partial charge in [0, 0.05) is 25.0 Å². The molecule has 1 aliphatic heterocycles. The lowest BCUT2D eigenvalue weighted by atomic mass is 10.2. The van der Waals surface area contributed by atoms with Crippen molar-refractivity contribution in [1.82, 2.24) is 0 Å². The lowest BCUT2D eigenvalue weighted by molar-refractivity contribution is 0.617. The third kappa shape index (κ3) is 3.97. The maximum absolute atomic E-state index is 14.2. The summed E-state index contributed by atoms with van der Waals surface area (Å²) in [6.45, 7) is 1.77. The summed E-state index contributed by atoms with van der Waals surface area (Å²) in [5.41, 5.74) is 1.09. The van der Waals surface area contributed by atoms with E-state index >= 15 is 0 Å². The molecule has 1 saturated heterocycles. The van der Waals surface area contributed by atoms with Gasteiger partial charge in [0.15, 0.2) is 0 Å². The predicted molar refractivity (Wildman–Crippen MR) is 80.0 cm³/mol. The molecule has 0 atom stereocenters. The van der Waals surface area contributed by atoms with Crippen LogP contribution in [-0.2, 0) is 0 Å². The van der Waals surface area contributed by atoms with Crippen LogP contribution in [0.1, 0.15) is 25.7 Å². The molecule has 1 aromatic carbocycles. The second-order valence-electron chi connectivity index (χ2n) is 4.99. The van der Waals surface area contributed by atoms with Crippen LogP contribution in [0.25, 0.3) is 0 Å². The number of allylic oxidation sites excluding steroid dienone is 1. The quantitative estimate of drug-likeness (QED) is 0.862. The lowest BCUT2D eigenvalue weighted by Gasteiger charge is -2.23. The maximum atomic E-state index is 14.2. The number of hydrogen-bond acceptors (Lipinski definition) is 4. The van der Waals surface area contributed by atoms with Crippen molar-refractivity contribution in [2.24, 2.45) is 0 Å². The third-order valence-electron chi connectivity index (χ3n) is 3.52. The third-order valence-corrected chi connectivity index (χ3v) is 3.52. The van der Waals surface area contributed by atoms with E-state index in [9.17, 15) is 4.39 Å². The van der Waals surface area contributed by atoms with Gasteiger partial charge in [0.2, 0.25) is 0 Å². The molecule has 1 heterocycles. The largest absolute Gasteiger partial charge is 0.369 e. The Kier molecular flexibility index (Phi) is 5.17. The molecule has 2 rings (SSSR count). The first kappa shape index (κ1) is 14.9. The highest BCUT2D eigenvalue weighted by molar-refractivity contribution is 5.58. The van der Waals surface area contributed by atoms with E-state index in [1.54, 1.807) is 24.3 Å². The smallest absolute Gasteiger partial charge is 0.148 e. The molecule has 0 bridgehead atoms. The molecular weight excluding hydrogens is 267 g/mol. The van der Waals surface area contributed by atoms with Crippen molar-refractivity contribution >= 4 is 11.4 Å². The molecule has 1 aliphatic rings. The molecule has 5 heteroatoms. The van der Waals surface area contributed by atoms with Crippen molar-refractivity contribution < 1.29 is 4.39 Å². The second kappa shape index (κ2) is 7.31. The zero-order chi connectivity index (χ0) is 15.1. The van der Waals surface area contributed by atoms with Crippen LogP contribution in [0.2, 0.25) is 0 Å². The Morgan fingerprint density at radius 1 is 1.14 bits per heavy atom. The van der Waals surface area contributed by atoms with Crippen LogP contribution in [0.5, 0.6) is 0 Å². The summed E-state index contributed by atoms with van der Waals surface area (Å²) < 4.78 is 14.2. The fraction of sp³-hybridized carbons (Fsp3) is 0.375. The summed E-state index contributed by atoms with van der Waals surface area (Å²) in [6.07, 6.45) is 5.87. The van der Waals surface area contributed by atoms with Crippen LogP contribution in [0, 0.1) is 28.5 Å². The molecule has 1 N–H and O–H groups in total. The Morgan fingerprint density at radius 3 is 2.38 bits per heavy atom. The maximum Gasteiger partial charge on any atom is 0.148 e. The SMILES string of the molecule is N#CC(C#N)=CNc1ccc(N2CCCCCC2)c(F)c1. The van der Waals surface area contributed by atoms with E-state index in [0.29, 0.717) is 11.4 Å². The number of anilines is 2. The van der Waals surface area contributed by atoms with Gasteiger partial charge >= 0.3 is 0 Å². The Morgan fingerprint density at radius 2 is 1.81 bits per heavy atom. The summed E-state index contributed by atoms with van der Waals surface area (Å²) in [4.78, 5) is 2.08. The summed E-state index contributed by atoms with van der Waals surface area (Å²) in [5.74, 6) is -0.286. The number of benzene rings is 1. The van der Waals surface area contributed by atoms with Crippen LogP contribution in [0.15, 0.2) is 30.0 Å². The van der Waals surface area contributed by atoms with E-state index in [4.69, 9.17) is 10.5 Å². The van der Waals surface area contributed by atoms with Crippen LogP contribution in [0.3, 0.4) is 0 Å². The van der Waals surface area contributed by atoms with Crippen molar-refractivity contribution in [1.29, 1.82) is 10.5 Å². The summed E-state index contributed by atoms with van der Waals surface area (Å²) in [7, 11) is 0. The predicted octanol–water partition coefficient (Wildman–Crippen LogP) is 3.55. The van der Waals surface area contributed by atoms with E-state index < -0.39 is 0 Å². The van der Waals surface area contributed by atoms with Crippen molar-refractivity contribution in [3.05, 3.63) is 35.8 Å². The highest BCUT2D eigenvalue weighted by Gasteiger charge is 2.14. The van der Waals surface area contributed by atoms with E-state index in [-0.39, 0.29) is 11.4 Å². The Balaban J connectivity index is 2.12. The molecule has 0 amide bonds. The molecular formula is C16H17FN4. The molecule has 0 saturated carbocycles. The molecule has 0 radical (unpaired) electrons. The normalized spacial score (nSPS) is 14.5. The van der Waals surface area contributed by atoms with Gasteiger partial charge < -0.3 is 10.2 Å². The van der Waals surface area contributed by atoms with Gasteiger partial charge in [-0.25, -0.2) is 4.39 Å². The molecule has 0 unspecified atom stereocenters. The van der Waals surface area contributed by atoms with E-state index in [0.717, 1.165) is 25.9 Å². The van der Waals surface area contributed by atoms with Crippen LogP contribution < -0.4 is 10.2 Å². The number of nitriles is 2. The van der Waals surface area contributed by atoms with E-state index in [2.05, 4.69) is 10.2 Å². The average Bonchev–Trinajstić information content (AvgIpc) is 2.77. The van der Waals surface area contributed by atoms with Crippen molar-refractivity contribution in [3.8, 4) is 12.1 Å². The number of halogens is 1. The summed E-state index contributed by atoms with van der Waals surface area (Å²) in [5, 5.41) is 20.0. The van der Waals surface area contributed by atoms with E-state index in [1.165, 1.54) is 25.1 Å². The van der Waals surface area contributed by atoms with Crippen LogP contribution >= 0.6 is 0 Å². The van der Waals surface area contributed by atoms with Crippen molar-refractivity contribution in [2.45, 2.75) is 25.7 Å². The van der Waals surface area contributed by atoms with Crippen LogP contribution in [-0.4, -0.2) is 13.1 Å². The standard InChI is InChI=1S/C16H17FN4/c17-15-9-14(20-12-13(10-18)11-19)5-6-16(15)21-7-3-1-2-4-8-21/h5-6,9,12,20H,1-4,7-8H2. The summed E-state index contributed by atoms with van der Waals surface area (Å²) >= 11 is 0. The van der Waals surface area contributed by atoms with Gasteiger partial charge in [-0.05, 0) is 31.0 Å².